The van der Waals surface area contributed by atoms with Gasteiger partial charge in [-0.2, -0.15) is 0 Å². The number of nitrogens with two attached hydrogens (primary N) is 1. The zero-order chi connectivity index (χ0) is 12.9. The number of likely N-dealkylation sites (N-methyl/N-ethyl adjacent to an activating group) is 1. The second-order valence-corrected chi connectivity index (χ2v) is 4.76. The molecule has 0 aromatic heterocycles. The number of rotatable bonds is 5. The average Bonchev–Trinajstić information content (AvgIpc) is 2.75. The molecule has 1 rings (SSSR count). The number of amides is 2. The summed E-state index contributed by atoms with van der Waals surface area (Å²) in [7, 11) is 1.57. The van der Waals surface area contributed by atoms with Gasteiger partial charge in [-0.15, -0.1) is 0 Å². The molecule has 1 aliphatic carbocycles. The Morgan fingerprint density at radius 2 is 1.94 bits per heavy atom. The molecule has 0 heterocycles. The van der Waals surface area contributed by atoms with E-state index in [1.54, 1.807) is 11.9 Å². The second kappa shape index (κ2) is 6.00. The molecule has 0 aromatic carbocycles. The largest absolute Gasteiger partial charge is 0.358 e. The molecule has 0 radical (unpaired) electrons. The fourth-order valence-corrected chi connectivity index (χ4v) is 2.31. The predicted molar refractivity (Wildman–Crippen MR) is 66.3 cm³/mol. The highest BCUT2D eigenvalue weighted by Crippen LogP contribution is 2.29. The lowest BCUT2D eigenvalue weighted by molar-refractivity contribution is -0.140. The molecule has 0 spiro atoms. The van der Waals surface area contributed by atoms with Crippen LogP contribution >= 0.6 is 0 Å². The molecule has 1 saturated carbocycles. The number of carbonyl (C=O) groups is 2. The lowest BCUT2D eigenvalue weighted by Crippen LogP contribution is -2.55. The lowest BCUT2D eigenvalue weighted by atomic mass is 9.97. The van der Waals surface area contributed by atoms with E-state index in [1.807, 2.05) is 6.92 Å². The van der Waals surface area contributed by atoms with E-state index in [0.29, 0.717) is 6.54 Å². The molecule has 5 heteroatoms. The minimum atomic E-state index is -0.733. The summed E-state index contributed by atoms with van der Waals surface area (Å²) in [4.78, 5) is 25.3. The molecule has 2 amide bonds. The van der Waals surface area contributed by atoms with Crippen molar-refractivity contribution in [3.63, 3.8) is 0 Å². The summed E-state index contributed by atoms with van der Waals surface area (Å²) in [6, 6.07) is 0. The van der Waals surface area contributed by atoms with Crippen LogP contribution in [0.4, 0.5) is 0 Å². The Labute approximate surface area is 103 Å². The molecule has 98 valence electrons. The van der Waals surface area contributed by atoms with E-state index in [1.165, 1.54) is 0 Å². The third-order valence-corrected chi connectivity index (χ3v) is 3.32. The van der Waals surface area contributed by atoms with Crippen molar-refractivity contribution in [1.82, 2.24) is 10.2 Å². The summed E-state index contributed by atoms with van der Waals surface area (Å²) in [6.07, 6.45) is 4.31. The first kappa shape index (κ1) is 14.0. The molecule has 17 heavy (non-hydrogen) atoms. The predicted octanol–water partition coefficient (Wildman–Crippen LogP) is 0.243. The smallest absolute Gasteiger partial charge is 0.243 e. The fourth-order valence-electron chi connectivity index (χ4n) is 2.31. The molecule has 1 aliphatic rings. The molecule has 0 bridgehead atoms. The first-order valence-electron chi connectivity index (χ1n) is 6.32. The second-order valence-electron chi connectivity index (χ2n) is 4.76. The lowest BCUT2D eigenvalue weighted by Gasteiger charge is -2.30. The molecule has 0 aliphatic heterocycles. The minimum Gasteiger partial charge on any atom is -0.358 e. The Bertz CT molecular complexity index is 285. The van der Waals surface area contributed by atoms with Gasteiger partial charge in [0.2, 0.25) is 11.8 Å². The minimum absolute atomic E-state index is 0.0690. The summed E-state index contributed by atoms with van der Waals surface area (Å²) in [5.74, 6) is -0.214. The summed E-state index contributed by atoms with van der Waals surface area (Å²) in [6.45, 7) is 2.69. The zero-order valence-electron chi connectivity index (χ0n) is 10.8. The third kappa shape index (κ3) is 3.43. The van der Waals surface area contributed by atoms with Gasteiger partial charge < -0.3 is 16.0 Å². The van der Waals surface area contributed by atoms with Crippen LogP contribution in [0, 0.1) is 0 Å². The van der Waals surface area contributed by atoms with E-state index in [2.05, 4.69) is 5.32 Å². The Kier molecular flexibility index (Phi) is 4.93. The molecule has 0 atom stereocenters. The Balaban J connectivity index is 2.68. The van der Waals surface area contributed by atoms with E-state index >= 15 is 0 Å². The van der Waals surface area contributed by atoms with E-state index in [4.69, 9.17) is 5.73 Å². The van der Waals surface area contributed by atoms with Crippen LogP contribution in [0.2, 0.25) is 0 Å². The number of carbonyl (C=O) groups excluding carboxylic acids is 2. The van der Waals surface area contributed by atoms with Gasteiger partial charge in [-0.05, 0) is 19.3 Å². The zero-order valence-corrected chi connectivity index (χ0v) is 10.8. The maximum Gasteiger partial charge on any atom is 0.243 e. The first-order valence-corrected chi connectivity index (χ1v) is 6.32. The molecule has 1 fully saturated rings. The van der Waals surface area contributed by atoms with Gasteiger partial charge in [-0.25, -0.2) is 0 Å². The van der Waals surface area contributed by atoms with Crippen LogP contribution in [-0.4, -0.2) is 42.4 Å². The topological polar surface area (TPSA) is 75.4 Å². The van der Waals surface area contributed by atoms with E-state index in [0.717, 1.165) is 32.1 Å². The van der Waals surface area contributed by atoms with Gasteiger partial charge in [0.15, 0.2) is 0 Å². The molecule has 0 saturated heterocycles. The molecule has 0 aromatic rings. The van der Waals surface area contributed by atoms with Crippen molar-refractivity contribution >= 4 is 11.8 Å². The molecule has 3 N–H and O–H groups in total. The van der Waals surface area contributed by atoms with Gasteiger partial charge in [-0.1, -0.05) is 19.8 Å². The normalized spacial score (nSPS) is 17.8. The summed E-state index contributed by atoms with van der Waals surface area (Å²) < 4.78 is 0. The monoisotopic (exact) mass is 241 g/mol. The van der Waals surface area contributed by atoms with Gasteiger partial charge in [-0.3, -0.25) is 9.59 Å². The standard InChI is InChI=1S/C12H23N3O2/c1-3-8-15(9-10(16)14-2)11(17)12(13)6-4-5-7-12/h3-9,13H2,1-2H3,(H,14,16). The molecular weight excluding hydrogens is 218 g/mol. The highest BCUT2D eigenvalue weighted by Gasteiger charge is 2.39. The van der Waals surface area contributed by atoms with E-state index in [-0.39, 0.29) is 18.4 Å². The SMILES string of the molecule is CCCN(CC(=O)NC)C(=O)C1(N)CCCC1. The molecule has 0 unspecified atom stereocenters. The van der Waals surface area contributed by atoms with Crippen LogP contribution in [0.5, 0.6) is 0 Å². The number of hydrogen-bond donors (Lipinski definition) is 2. The summed E-state index contributed by atoms with van der Waals surface area (Å²) in [5.41, 5.74) is 5.40. The molecule has 5 nitrogen and oxygen atoms in total. The van der Waals surface area contributed by atoms with Crippen molar-refractivity contribution in [3.8, 4) is 0 Å². The van der Waals surface area contributed by atoms with Crippen LogP contribution in [-0.2, 0) is 9.59 Å². The fraction of sp³-hybridized carbons (Fsp3) is 0.833. The van der Waals surface area contributed by atoms with Gasteiger partial charge in [0.05, 0.1) is 12.1 Å². The maximum atomic E-state index is 12.3. The Morgan fingerprint density at radius 3 is 2.41 bits per heavy atom. The highest BCUT2D eigenvalue weighted by atomic mass is 16.2. The quantitative estimate of drug-likeness (QED) is 0.724. The maximum absolute atomic E-state index is 12.3. The number of hydrogen-bond acceptors (Lipinski definition) is 3. The number of nitrogens with zero attached hydrogens (tertiary/aromatic N) is 1. The highest BCUT2D eigenvalue weighted by molar-refractivity contribution is 5.90. The van der Waals surface area contributed by atoms with Crippen molar-refractivity contribution < 1.29 is 9.59 Å². The van der Waals surface area contributed by atoms with Crippen molar-refractivity contribution in [2.24, 2.45) is 5.73 Å². The van der Waals surface area contributed by atoms with Crippen molar-refractivity contribution in [2.45, 2.75) is 44.6 Å². The van der Waals surface area contributed by atoms with E-state index in [9.17, 15) is 9.59 Å². The van der Waals surface area contributed by atoms with E-state index < -0.39 is 5.54 Å². The van der Waals surface area contributed by atoms with Crippen LogP contribution in [0.1, 0.15) is 39.0 Å². The summed E-state index contributed by atoms with van der Waals surface area (Å²) >= 11 is 0. The van der Waals surface area contributed by atoms with Crippen molar-refractivity contribution in [2.75, 3.05) is 20.1 Å². The van der Waals surface area contributed by atoms with Crippen LogP contribution in [0.25, 0.3) is 0 Å². The third-order valence-electron chi connectivity index (χ3n) is 3.32. The van der Waals surface area contributed by atoms with Gasteiger partial charge in [0.1, 0.15) is 0 Å². The molecular formula is C12H23N3O2. The average molecular weight is 241 g/mol. The van der Waals surface area contributed by atoms with Crippen LogP contribution in [0.15, 0.2) is 0 Å². The van der Waals surface area contributed by atoms with Crippen LogP contribution < -0.4 is 11.1 Å². The van der Waals surface area contributed by atoms with Crippen molar-refractivity contribution in [3.05, 3.63) is 0 Å². The summed E-state index contributed by atoms with van der Waals surface area (Å²) in [5, 5.41) is 2.54. The Morgan fingerprint density at radius 1 is 1.35 bits per heavy atom. The Hall–Kier alpha value is -1.10. The van der Waals surface area contributed by atoms with Crippen LogP contribution in [0.3, 0.4) is 0 Å². The first-order chi connectivity index (χ1) is 8.03. The van der Waals surface area contributed by atoms with Crippen molar-refractivity contribution in [1.29, 1.82) is 0 Å². The number of nitrogens with one attached hydrogen (secondary N) is 1. The van der Waals surface area contributed by atoms with Gasteiger partial charge in [0.25, 0.3) is 0 Å². The van der Waals surface area contributed by atoms with Gasteiger partial charge >= 0.3 is 0 Å². The van der Waals surface area contributed by atoms with Gasteiger partial charge in [0, 0.05) is 13.6 Å².